The van der Waals surface area contributed by atoms with Crippen LogP contribution in [0, 0.1) is 5.92 Å². The van der Waals surface area contributed by atoms with E-state index in [0.717, 1.165) is 19.0 Å². The van der Waals surface area contributed by atoms with Crippen LogP contribution >= 0.6 is 13.5 Å². The van der Waals surface area contributed by atoms with Crippen LogP contribution < -0.4 is 0 Å². The number of hydrogen-bond donors (Lipinski definition) is 0. The molecule has 3 nitrogen and oxygen atoms in total. The molecule has 2 heterocycles. The molecule has 4 rings (SSSR count). The standard InChI is InChI=1S/C20H30N2O.H2S/c1-2-21-15-19(23-20(16-21)10-11-20)18-8-12-22(13-9-18)14-17-6-4-3-5-7-17;/h3-7,18-19H,2,8-16H2,1H3;1H2/t19-;/m1./s1. The molecule has 24 heavy (non-hydrogen) atoms. The molecule has 3 aliphatic rings. The monoisotopic (exact) mass is 348 g/mol. The van der Waals surface area contributed by atoms with Crippen LogP contribution in [0.1, 0.15) is 38.2 Å². The summed E-state index contributed by atoms with van der Waals surface area (Å²) in [5, 5.41) is 0. The highest BCUT2D eigenvalue weighted by Gasteiger charge is 2.51. The molecule has 1 spiro atoms. The van der Waals surface area contributed by atoms with E-state index >= 15 is 0 Å². The van der Waals surface area contributed by atoms with Crippen LogP contribution in [0.5, 0.6) is 0 Å². The van der Waals surface area contributed by atoms with Gasteiger partial charge in [0, 0.05) is 19.6 Å². The lowest BCUT2D eigenvalue weighted by Gasteiger charge is -2.44. The maximum Gasteiger partial charge on any atom is 0.0815 e. The van der Waals surface area contributed by atoms with E-state index in [1.807, 2.05) is 0 Å². The molecular weight excluding hydrogens is 316 g/mol. The topological polar surface area (TPSA) is 15.7 Å². The summed E-state index contributed by atoms with van der Waals surface area (Å²) in [6.07, 6.45) is 5.64. The SMILES string of the molecule is CCN1C[C@H](C2CCN(Cc3ccccc3)CC2)OC2(CC2)C1.S. The molecule has 0 amide bonds. The number of likely N-dealkylation sites (N-methyl/N-ethyl adjacent to an activating group) is 1. The average molecular weight is 349 g/mol. The first-order valence-corrected chi connectivity index (χ1v) is 9.43. The van der Waals surface area contributed by atoms with Crippen molar-refractivity contribution in [2.24, 2.45) is 5.92 Å². The zero-order valence-corrected chi connectivity index (χ0v) is 15.9. The van der Waals surface area contributed by atoms with Gasteiger partial charge in [0.15, 0.2) is 0 Å². The van der Waals surface area contributed by atoms with Gasteiger partial charge in [-0.05, 0) is 56.8 Å². The Kier molecular flexibility index (Phi) is 5.91. The van der Waals surface area contributed by atoms with E-state index in [4.69, 9.17) is 4.74 Å². The van der Waals surface area contributed by atoms with E-state index in [-0.39, 0.29) is 19.1 Å². The van der Waals surface area contributed by atoms with Crippen LogP contribution in [0.25, 0.3) is 0 Å². The van der Waals surface area contributed by atoms with Crippen LogP contribution in [0.15, 0.2) is 30.3 Å². The number of nitrogens with zero attached hydrogens (tertiary/aromatic N) is 2. The minimum atomic E-state index is 0. The van der Waals surface area contributed by atoms with Gasteiger partial charge < -0.3 is 4.74 Å². The van der Waals surface area contributed by atoms with Crippen LogP contribution in [-0.2, 0) is 11.3 Å². The second-order valence-electron chi connectivity index (χ2n) is 7.77. The smallest absolute Gasteiger partial charge is 0.0815 e. The first-order chi connectivity index (χ1) is 11.3. The third-order valence-corrected chi connectivity index (χ3v) is 6.01. The fourth-order valence-electron chi connectivity index (χ4n) is 4.35. The summed E-state index contributed by atoms with van der Waals surface area (Å²) in [6.45, 7) is 9.34. The third-order valence-electron chi connectivity index (χ3n) is 6.01. The number of hydrogen-bond acceptors (Lipinski definition) is 3. The molecule has 1 saturated carbocycles. The molecule has 2 aliphatic heterocycles. The highest BCUT2D eigenvalue weighted by atomic mass is 32.1. The van der Waals surface area contributed by atoms with Crippen LogP contribution in [0.2, 0.25) is 0 Å². The largest absolute Gasteiger partial charge is 0.369 e. The molecule has 1 aromatic carbocycles. The molecule has 0 radical (unpaired) electrons. The zero-order valence-electron chi connectivity index (χ0n) is 14.9. The first-order valence-electron chi connectivity index (χ1n) is 9.43. The van der Waals surface area contributed by atoms with Gasteiger partial charge in [0.2, 0.25) is 0 Å². The van der Waals surface area contributed by atoms with Gasteiger partial charge in [-0.3, -0.25) is 9.80 Å². The number of morpholine rings is 1. The van der Waals surface area contributed by atoms with E-state index in [1.165, 1.54) is 57.4 Å². The summed E-state index contributed by atoms with van der Waals surface area (Å²) >= 11 is 0. The molecule has 0 N–H and O–H groups in total. The fraction of sp³-hybridized carbons (Fsp3) is 0.700. The van der Waals surface area contributed by atoms with Crippen molar-refractivity contribution >= 4 is 13.5 Å². The van der Waals surface area contributed by atoms with Crippen molar-refractivity contribution in [1.29, 1.82) is 0 Å². The van der Waals surface area contributed by atoms with E-state index < -0.39 is 0 Å². The van der Waals surface area contributed by atoms with Gasteiger partial charge in [-0.25, -0.2) is 0 Å². The van der Waals surface area contributed by atoms with E-state index in [1.54, 1.807) is 0 Å². The highest BCUT2D eigenvalue weighted by molar-refractivity contribution is 7.59. The Bertz CT molecular complexity index is 512. The maximum absolute atomic E-state index is 6.55. The van der Waals surface area contributed by atoms with E-state index in [0.29, 0.717) is 6.10 Å². The van der Waals surface area contributed by atoms with Crippen molar-refractivity contribution in [2.75, 3.05) is 32.7 Å². The number of ether oxygens (including phenoxy) is 1. The summed E-state index contributed by atoms with van der Waals surface area (Å²) in [4.78, 5) is 5.23. The molecule has 2 saturated heterocycles. The minimum absolute atomic E-state index is 0. The number of benzene rings is 1. The summed E-state index contributed by atoms with van der Waals surface area (Å²) in [6, 6.07) is 10.9. The minimum Gasteiger partial charge on any atom is -0.369 e. The first kappa shape index (κ1) is 18.2. The third kappa shape index (κ3) is 4.16. The second kappa shape index (κ2) is 7.77. The Morgan fingerprint density at radius 2 is 1.79 bits per heavy atom. The van der Waals surface area contributed by atoms with Crippen molar-refractivity contribution in [2.45, 2.75) is 50.9 Å². The van der Waals surface area contributed by atoms with Crippen molar-refractivity contribution in [3.63, 3.8) is 0 Å². The Labute approximate surface area is 153 Å². The number of likely N-dealkylation sites (tertiary alicyclic amines) is 1. The Hall–Kier alpha value is -0.550. The quantitative estimate of drug-likeness (QED) is 0.831. The molecule has 1 atom stereocenters. The van der Waals surface area contributed by atoms with Gasteiger partial charge in [-0.15, -0.1) is 0 Å². The molecule has 0 unspecified atom stereocenters. The van der Waals surface area contributed by atoms with Gasteiger partial charge >= 0.3 is 0 Å². The molecule has 0 bridgehead atoms. The normalized spacial score (nSPS) is 27.8. The molecule has 4 heteroatoms. The molecule has 1 aliphatic carbocycles. The average Bonchev–Trinajstić information content (AvgIpc) is 3.34. The predicted octanol–water partition coefficient (Wildman–Crippen LogP) is 3.26. The van der Waals surface area contributed by atoms with Crippen molar-refractivity contribution in [3.05, 3.63) is 35.9 Å². The molecule has 1 aromatic rings. The lowest BCUT2D eigenvalue weighted by molar-refractivity contribution is -0.130. The summed E-state index contributed by atoms with van der Waals surface area (Å²) in [7, 11) is 0. The fourth-order valence-corrected chi connectivity index (χ4v) is 4.35. The van der Waals surface area contributed by atoms with E-state index in [9.17, 15) is 0 Å². The Morgan fingerprint density at radius 3 is 2.42 bits per heavy atom. The lowest BCUT2D eigenvalue weighted by atomic mass is 9.89. The van der Waals surface area contributed by atoms with Gasteiger partial charge in [0.1, 0.15) is 0 Å². The van der Waals surface area contributed by atoms with Crippen molar-refractivity contribution < 1.29 is 4.74 Å². The van der Waals surface area contributed by atoms with E-state index in [2.05, 4.69) is 47.1 Å². The van der Waals surface area contributed by atoms with Gasteiger partial charge in [-0.2, -0.15) is 13.5 Å². The van der Waals surface area contributed by atoms with Crippen molar-refractivity contribution in [1.82, 2.24) is 9.80 Å². The molecule has 134 valence electrons. The van der Waals surface area contributed by atoms with Gasteiger partial charge in [0.05, 0.1) is 11.7 Å². The van der Waals surface area contributed by atoms with Gasteiger partial charge in [-0.1, -0.05) is 37.3 Å². The molecular formula is C20H32N2OS. The predicted molar refractivity (Wildman–Crippen MR) is 104 cm³/mol. The van der Waals surface area contributed by atoms with Crippen LogP contribution in [0.3, 0.4) is 0 Å². The highest BCUT2D eigenvalue weighted by Crippen LogP contribution is 2.45. The van der Waals surface area contributed by atoms with Crippen LogP contribution in [0.4, 0.5) is 0 Å². The zero-order chi connectivity index (χ0) is 15.7. The maximum atomic E-state index is 6.55. The number of piperidine rings is 1. The Morgan fingerprint density at radius 1 is 1.08 bits per heavy atom. The van der Waals surface area contributed by atoms with Crippen LogP contribution in [-0.4, -0.2) is 54.2 Å². The molecule has 3 fully saturated rings. The summed E-state index contributed by atoms with van der Waals surface area (Å²) in [5.74, 6) is 0.758. The lowest BCUT2D eigenvalue weighted by Crippen LogP contribution is -2.52. The summed E-state index contributed by atoms with van der Waals surface area (Å²) < 4.78 is 6.55. The summed E-state index contributed by atoms with van der Waals surface area (Å²) in [5.41, 5.74) is 1.69. The second-order valence-corrected chi connectivity index (χ2v) is 7.77. The van der Waals surface area contributed by atoms with Gasteiger partial charge in [0.25, 0.3) is 0 Å². The van der Waals surface area contributed by atoms with Crippen molar-refractivity contribution in [3.8, 4) is 0 Å². The molecule has 0 aromatic heterocycles. The number of rotatable bonds is 4. The Balaban J connectivity index is 0.00000169.